The highest BCUT2D eigenvalue weighted by Gasteiger charge is 2.14. The first-order chi connectivity index (χ1) is 15.1. The van der Waals surface area contributed by atoms with Gasteiger partial charge in [-0.2, -0.15) is 5.10 Å². The fraction of sp³-hybridized carbons (Fsp3) is 0.200. The first-order valence-electron chi connectivity index (χ1n) is 9.94. The van der Waals surface area contributed by atoms with Crippen molar-refractivity contribution in [2.75, 3.05) is 0 Å². The smallest absolute Gasteiger partial charge is 0.271 e. The summed E-state index contributed by atoms with van der Waals surface area (Å²) < 4.78 is 8.56. The number of rotatable bonds is 6. The van der Waals surface area contributed by atoms with E-state index in [0.29, 0.717) is 17.9 Å². The Labute approximate surface area is 213 Å². The summed E-state index contributed by atoms with van der Waals surface area (Å²) in [6, 6.07) is 19.3. The maximum absolute atomic E-state index is 12.4. The van der Waals surface area contributed by atoms with Crippen LogP contribution in [0.2, 0.25) is 0 Å². The van der Waals surface area contributed by atoms with Crippen LogP contribution in [0.4, 0.5) is 0 Å². The highest BCUT2D eigenvalue weighted by atomic mass is 79.9. The molecule has 7 heteroatoms. The van der Waals surface area contributed by atoms with Gasteiger partial charge in [0.2, 0.25) is 0 Å². The molecular weight excluding hydrogens is 600 g/mol. The highest BCUT2D eigenvalue weighted by Crippen LogP contribution is 2.35. The van der Waals surface area contributed by atoms with Crippen molar-refractivity contribution in [3.05, 3.63) is 96.3 Å². The highest BCUT2D eigenvalue weighted by molar-refractivity contribution is 9.11. The van der Waals surface area contributed by atoms with Gasteiger partial charge in [-0.3, -0.25) is 4.79 Å². The van der Waals surface area contributed by atoms with Gasteiger partial charge in [-0.05, 0) is 90.4 Å². The molecule has 0 aliphatic carbocycles. The monoisotopic (exact) mass is 620 g/mol. The predicted octanol–water partition coefficient (Wildman–Crippen LogP) is 7.61. The number of amides is 1. The van der Waals surface area contributed by atoms with Crippen molar-refractivity contribution in [1.82, 2.24) is 5.43 Å². The quantitative estimate of drug-likeness (QED) is 0.227. The molecule has 0 aliphatic rings. The SMILES string of the molecule is CC(C)(C)c1ccc(C(=O)N/N=C\c2cc(Br)c(OCc3ccc(Br)cc3)c(Br)c2)cc1. The van der Waals surface area contributed by atoms with Crippen LogP contribution in [0.3, 0.4) is 0 Å². The van der Waals surface area contributed by atoms with Crippen molar-refractivity contribution in [1.29, 1.82) is 0 Å². The predicted molar refractivity (Wildman–Crippen MR) is 141 cm³/mol. The number of nitrogens with zero attached hydrogens (tertiary/aromatic N) is 1. The summed E-state index contributed by atoms with van der Waals surface area (Å²) in [5, 5.41) is 4.09. The van der Waals surface area contributed by atoms with Gasteiger partial charge < -0.3 is 4.74 Å². The molecule has 0 saturated carbocycles. The number of ether oxygens (including phenoxy) is 1. The van der Waals surface area contributed by atoms with E-state index in [-0.39, 0.29) is 11.3 Å². The Hall–Kier alpha value is -1.96. The molecule has 0 radical (unpaired) electrons. The maximum atomic E-state index is 12.4. The fourth-order valence-electron chi connectivity index (χ4n) is 2.88. The first-order valence-corrected chi connectivity index (χ1v) is 12.3. The van der Waals surface area contributed by atoms with Crippen molar-refractivity contribution in [2.45, 2.75) is 32.8 Å². The zero-order chi connectivity index (χ0) is 23.3. The third-order valence-corrected chi connectivity index (χ3v) is 6.42. The minimum Gasteiger partial charge on any atom is -0.487 e. The molecule has 0 bridgehead atoms. The van der Waals surface area contributed by atoms with E-state index in [1.807, 2.05) is 60.7 Å². The maximum Gasteiger partial charge on any atom is 0.271 e. The van der Waals surface area contributed by atoms with Crippen molar-refractivity contribution in [3.63, 3.8) is 0 Å². The molecule has 0 unspecified atom stereocenters. The largest absolute Gasteiger partial charge is 0.487 e. The lowest BCUT2D eigenvalue weighted by atomic mass is 9.87. The second-order valence-electron chi connectivity index (χ2n) is 8.26. The molecule has 3 rings (SSSR count). The molecule has 1 N–H and O–H groups in total. The minimum atomic E-state index is -0.255. The molecule has 1 amide bonds. The van der Waals surface area contributed by atoms with Gasteiger partial charge in [-0.15, -0.1) is 0 Å². The van der Waals surface area contributed by atoms with Gasteiger partial charge >= 0.3 is 0 Å². The van der Waals surface area contributed by atoms with E-state index in [1.165, 1.54) is 5.56 Å². The number of hydrogen-bond donors (Lipinski definition) is 1. The molecule has 166 valence electrons. The van der Waals surface area contributed by atoms with Crippen molar-refractivity contribution in [2.24, 2.45) is 5.10 Å². The number of nitrogens with one attached hydrogen (secondary N) is 1. The van der Waals surface area contributed by atoms with E-state index < -0.39 is 0 Å². The summed E-state index contributed by atoms with van der Waals surface area (Å²) >= 11 is 10.5. The van der Waals surface area contributed by atoms with Crippen LogP contribution in [-0.2, 0) is 12.0 Å². The van der Waals surface area contributed by atoms with Crippen LogP contribution in [0, 0.1) is 0 Å². The van der Waals surface area contributed by atoms with Crippen LogP contribution in [-0.4, -0.2) is 12.1 Å². The number of benzene rings is 3. The van der Waals surface area contributed by atoms with Crippen LogP contribution < -0.4 is 10.2 Å². The standard InChI is InChI=1S/C25H23Br3N2O2/c1-25(2,3)19-8-6-18(7-9-19)24(31)30-29-14-17-12-21(27)23(22(28)13-17)32-15-16-4-10-20(26)11-5-16/h4-14H,15H2,1-3H3,(H,30,31)/b29-14-. The molecule has 0 saturated heterocycles. The molecule has 0 heterocycles. The number of hydrogen-bond acceptors (Lipinski definition) is 3. The van der Waals surface area contributed by atoms with E-state index in [0.717, 1.165) is 24.5 Å². The Balaban J connectivity index is 1.62. The molecule has 3 aromatic rings. The number of halogens is 3. The van der Waals surface area contributed by atoms with Gasteiger partial charge in [0.15, 0.2) is 0 Å². The van der Waals surface area contributed by atoms with E-state index in [9.17, 15) is 4.79 Å². The fourth-order valence-corrected chi connectivity index (χ4v) is 4.59. The average molecular weight is 623 g/mol. The lowest BCUT2D eigenvalue weighted by Crippen LogP contribution is -2.18. The Bertz CT molecular complexity index is 1100. The van der Waals surface area contributed by atoms with Crippen LogP contribution in [0.15, 0.2) is 79.2 Å². The molecule has 4 nitrogen and oxygen atoms in total. The van der Waals surface area contributed by atoms with Gasteiger partial charge in [-0.1, -0.05) is 61.0 Å². The van der Waals surface area contributed by atoms with E-state index in [2.05, 4.69) is 79.1 Å². The van der Waals surface area contributed by atoms with Crippen LogP contribution in [0.5, 0.6) is 5.75 Å². The molecular formula is C25H23Br3N2O2. The summed E-state index contributed by atoms with van der Waals surface area (Å²) in [4.78, 5) is 12.4. The van der Waals surface area contributed by atoms with Crippen LogP contribution in [0.25, 0.3) is 0 Å². The normalized spacial score (nSPS) is 11.6. The second-order valence-corrected chi connectivity index (χ2v) is 10.9. The summed E-state index contributed by atoms with van der Waals surface area (Å²) in [6.07, 6.45) is 1.59. The van der Waals surface area contributed by atoms with E-state index in [4.69, 9.17) is 4.74 Å². The Morgan fingerprint density at radius 1 is 0.969 bits per heavy atom. The zero-order valence-corrected chi connectivity index (χ0v) is 22.7. The Kier molecular flexibility index (Phi) is 8.31. The van der Waals surface area contributed by atoms with Gasteiger partial charge in [0.1, 0.15) is 12.4 Å². The molecule has 0 spiro atoms. The molecule has 0 aromatic heterocycles. The summed E-state index contributed by atoms with van der Waals surface area (Å²) in [5.41, 5.74) is 6.23. The molecule has 32 heavy (non-hydrogen) atoms. The second kappa shape index (κ2) is 10.8. The van der Waals surface area contributed by atoms with Crippen LogP contribution in [0.1, 0.15) is 47.8 Å². The summed E-state index contributed by atoms with van der Waals surface area (Å²) in [5.74, 6) is 0.447. The zero-order valence-electron chi connectivity index (χ0n) is 18.0. The Morgan fingerprint density at radius 2 is 1.56 bits per heavy atom. The van der Waals surface area contributed by atoms with Gasteiger partial charge in [0, 0.05) is 10.0 Å². The minimum absolute atomic E-state index is 0.0437. The summed E-state index contributed by atoms with van der Waals surface area (Å²) in [6.45, 7) is 6.86. The number of hydrazone groups is 1. The molecule has 0 fully saturated rings. The molecule has 0 aliphatic heterocycles. The van der Waals surface area contributed by atoms with Gasteiger partial charge in [0.05, 0.1) is 15.2 Å². The van der Waals surface area contributed by atoms with Crippen molar-refractivity contribution >= 4 is 59.9 Å². The topological polar surface area (TPSA) is 50.7 Å². The number of carbonyl (C=O) groups is 1. The molecule has 0 atom stereocenters. The third-order valence-electron chi connectivity index (χ3n) is 4.71. The van der Waals surface area contributed by atoms with Crippen molar-refractivity contribution < 1.29 is 9.53 Å². The third kappa shape index (κ3) is 6.77. The lowest BCUT2D eigenvalue weighted by molar-refractivity contribution is 0.0955. The van der Waals surface area contributed by atoms with Crippen molar-refractivity contribution in [3.8, 4) is 5.75 Å². The van der Waals surface area contributed by atoms with E-state index in [1.54, 1.807) is 6.21 Å². The van der Waals surface area contributed by atoms with Crippen LogP contribution >= 0.6 is 47.8 Å². The van der Waals surface area contributed by atoms with Gasteiger partial charge in [0.25, 0.3) is 5.91 Å². The first kappa shape index (κ1) is 24.7. The van der Waals surface area contributed by atoms with Gasteiger partial charge in [-0.25, -0.2) is 5.43 Å². The lowest BCUT2D eigenvalue weighted by Gasteiger charge is -2.18. The Morgan fingerprint density at radius 3 is 2.12 bits per heavy atom. The average Bonchev–Trinajstić information content (AvgIpc) is 2.74. The number of carbonyl (C=O) groups excluding carboxylic acids is 1. The van der Waals surface area contributed by atoms with E-state index >= 15 is 0 Å². The summed E-state index contributed by atoms with van der Waals surface area (Å²) in [7, 11) is 0. The molecule has 3 aromatic carbocycles.